The molecular formula is C26H28N6O4S. The standard InChI is InChI=1S/C26H28N6O4S/c1-13-9-15(10-14(2)28-13)29-26-27-12-17(24-31-18-7-5-6-8-20(18)37-24)23(32-26)30-19-11-16(25(34)36-4)21(33)22(19)35-3/h5-10,12,16,19,21-22,33H,11H2,1-4H3,(H2,27,28,29,30,32)/t16-,19-,21-,22-/m1/s1. The van der Waals surface area contributed by atoms with Gasteiger partial charge in [-0.15, -0.1) is 11.3 Å². The fourth-order valence-electron chi connectivity index (χ4n) is 4.75. The van der Waals surface area contributed by atoms with Gasteiger partial charge in [0.25, 0.3) is 0 Å². The molecule has 11 heteroatoms. The van der Waals surface area contributed by atoms with E-state index in [1.165, 1.54) is 25.6 Å². The summed E-state index contributed by atoms with van der Waals surface area (Å²) in [6.45, 7) is 3.85. The lowest BCUT2D eigenvalue weighted by Crippen LogP contribution is -2.38. The van der Waals surface area contributed by atoms with Gasteiger partial charge in [0.05, 0.1) is 41.0 Å². The maximum Gasteiger partial charge on any atom is 0.311 e. The van der Waals surface area contributed by atoms with Crippen molar-refractivity contribution in [3.63, 3.8) is 0 Å². The number of nitrogens with one attached hydrogen (secondary N) is 2. The molecule has 10 nitrogen and oxygen atoms in total. The van der Waals surface area contributed by atoms with E-state index in [1.54, 1.807) is 6.20 Å². The molecule has 0 saturated heterocycles. The third-order valence-electron chi connectivity index (χ3n) is 6.40. The van der Waals surface area contributed by atoms with Gasteiger partial charge in [0, 0.05) is 30.4 Å². The number of pyridine rings is 1. The van der Waals surface area contributed by atoms with Crippen LogP contribution in [0, 0.1) is 19.8 Å². The summed E-state index contributed by atoms with van der Waals surface area (Å²) in [7, 11) is 2.82. The van der Waals surface area contributed by atoms with Gasteiger partial charge in [-0.05, 0) is 44.5 Å². The molecule has 3 N–H and O–H groups in total. The molecular weight excluding hydrogens is 492 g/mol. The number of carbonyl (C=O) groups excluding carboxylic acids is 1. The second-order valence-electron chi connectivity index (χ2n) is 9.01. The molecule has 1 aromatic carbocycles. The number of hydrogen-bond acceptors (Lipinski definition) is 11. The number of aryl methyl sites for hydroxylation is 2. The fraction of sp³-hybridized carbons (Fsp3) is 0.346. The van der Waals surface area contributed by atoms with Gasteiger partial charge in [0.2, 0.25) is 5.95 Å². The summed E-state index contributed by atoms with van der Waals surface area (Å²) in [6.07, 6.45) is 0.398. The van der Waals surface area contributed by atoms with Crippen molar-refractivity contribution in [2.75, 3.05) is 24.9 Å². The first-order valence-electron chi connectivity index (χ1n) is 11.9. The summed E-state index contributed by atoms with van der Waals surface area (Å²) in [4.78, 5) is 30.8. The number of rotatable bonds is 7. The van der Waals surface area contributed by atoms with Crippen LogP contribution in [-0.2, 0) is 14.3 Å². The molecule has 37 heavy (non-hydrogen) atoms. The van der Waals surface area contributed by atoms with E-state index in [-0.39, 0.29) is 0 Å². The Hall–Kier alpha value is -3.67. The van der Waals surface area contributed by atoms with Crippen molar-refractivity contribution in [2.45, 2.75) is 38.5 Å². The van der Waals surface area contributed by atoms with E-state index < -0.39 is 30.1 Å². The summed E-state index contributed by atoms with van der Waals surface area (Å²) in [6, 6.07) is 11.3. The van der Waals surface area contributed by atoms with Gasteiger partial charge in [-0.2, -0.15) is 4.98 Å². The highest BCUT2D eigenvalue weighted by atomic mass is 32.1. The molecule has 1 fully saturated rings. The number of aromatic nitrogens is 4. The second-order valence-corrected chi connectivity index (χ2v) is 10.0. The first-order valence-corrected chi connectivity index (χ1v) is 12.7. The molecule has 192 valence electrons. The molecule has 1 saturated carbocycles. The van der Waals surface area contributed by atoms with Crippen molar-refractivity contribution in [1.29, 1.82) is 0 Å². The van der Waals surface area contributed by atoms with E-state index in [1.807, 2.05) is 50.2 Å². The number of ether oxygens (including phenoxy) is 2. The van der Waals surface area contributed by atoms with Gasteiger partial charge >= 0.3 is 5.97 Å². The van der Waals surface area contributed by atoms with E-state index in [9.17, 15) is 9.90 Å². The normalized spacial score (nSPS) is 21.2. The first-order chi connectivity index (χ1) is 17.9. The quantitative estimate of drug-likeness (QED) is 0.309. The molecule has 5 rings (SSSR count). The molecule has 0 amide bonds. The van der Waals surface area contributed by atoms with Gasteiger partial charge in [0.1, 0.15) is 16.9 Å². The van der Waals surface area contributed by atoms with Crippen molar-refractivity contribution in [1.82, 2.24) is 19.9 Å². The summed E-state index contributed by atoms with van der Waals surface area (Å²) in [5.74, 6) is -0.280. The number of hydrogen-bond donors (Lipinski definition) is 3. The predicted octanol–water partition coefficient (Wildman–Crippen LogP) is 3.86. The summed E-state index contributed by atoms with van der Waals surface area (Å²) >= 11 is 1.54. The number of aliphatic hydroxyl groups is 1. The molecule has 0 spiro atoms. The van der Waals surface area contributed by atoms with Crippen LogP contribution in [0.4, 0.5) is 17.5 Å². The van der Waals surface area contributed by atoms with Crippen LogP contribution in [0.1, 0.15) is 17.8 Å². The molecule has 0 radical (unpaired) electrons. The zero-order valence-corrected chi connectivity index (χ0v) is 21.7. The zero-order valence-electron chi connectivity index (χ0n) is 20.9. The van der Waals surface area contributed by atoms with E-state index >= 15 is 0 Å². The van der Waals surface area contributed by atoms with Crippen LogP contribution in [0.15, 0.2) is 42.6 Å². The number of fused-ring (bicyclic) bond motifs is 1. The van der Waals surface area contributed by atoms with Crippen molar-refractivity contribution < 1.29 is 19.4 Å². The Kier molecular flexibility index (Phi) is 7.00. The molecule has 4 aromatic rings. The molecule has 3 heterocycles. The van der Waals surface area contributed by atoms with Crippen LogP contribution < -0.4 is 10.6 Å². The largest absolute Gasteiger partial charge is 0.469 e. The molecule has 1 aliphatic carbocycles. The number of esters is 1. The van der Waals surface area contributed by atoms with Crippen molar-refractivity contribution in [3.05, 3.63) is 54.0 Å². The van der Waals surface area contributed by atoms with Gasteiger partial charge in [-0.3, -0.25) is 9.78 Å². The second kappa shape index (κ2) is 10.4. The third-order valence-corrected chi connectivity index (χ3v) is 7.47. The number of nitrogens with zero attached hydrogens (tertiary/aromatic N) is 4. The molecule has 0 unspecified atom stereocenters. The van der Waals surface area contributed by atoms with E-state index in [0.717, 1.165) is 32.3 Å². The molecule has 3 aromatic heterocycles. The summed E-state index contributed by atoms with van der Waals surface area (Å²) in [5, 5.41) is 18.2. The maximum absolute atomic E-state index is 12.3. The average Bonchev–Trinajstić information content (AvgIpc) is 3.43. The lowest BCUT2D eigenvalue weighted by Gasteiger charge is -2.23. The van der Waals surface area contributed by atoms with Crippen LogP contribution >= 0.6 is 11.3 Å². The summed E-state index contributed by atoms with van der Waals surface area (Å²) in [5.41, 5.74) is 4.17. The minimum absolute atomic E-state index is 0.321. The van der Waals surface area contributed by atoms with Gasteiger partial charge < -0.3 is 25.2 Å². The maximum atomic E-state index is 12.3. The lowest BCUT2D eigenvalue weighted by atomic mass is 10.1. The molecule has 1 aliphatic rings. The number of anilines is 3. The smallest absolute Gasteiger partial charge is 0.311 e. The zero-order chi connectivity index (χ0) is 26.1. The van der Waals surface area contributed by atoms with Crippen molar-refractivity contribution in [2.24, 2.45) is 5.92 Å². The Balaban J connectivity index is 1.53. The highest BCUT2D eigenvalue weighted by Gasteiger charge is 2.47. The first kappa shape index (κ1) is 25.0. The Bertz CT molecular complexity index is 1390. The van der Waals surface area contributed by atoms with Crippen LogP contribution in [0.25, 0.3) is 20.8 Å². The van der Waals surface area contributed by atoms with Crippen LogP contribution in [-0.4, -0.2) is 63.5 Å². The van der Waals surface area contributed by atoms with Gasteiger partial charge in [0.15, 0.2) is 0 Å². The van der Waals surface area contributed by atoms with Crippen LogP contribution in [0.2, 0.25) is 0 Å². The number of benzene rings is 1. The van der Waals surface area contributed by atoms with Crippen LogP contribution in [0.3, 0.4) is 0 Å². The Morgan fingerprint density at radius 3 is 2.57 bits per heavy atom. The number of methoxy groups -OCH3 is 2. The topological polar surface area (TPSA) is 131 Å². The number of carbonyl (C=O) groups is 1. The van der Waals surface area contributed by atoms with Crippen molar-refractivity contribution in [3.8, 4) is 10.6 Å². The Labute approximate surface area is 218 Å². The number of para-hydroxylation sites is 1. The molecule has 0 aliphatic heterocycles. The van der Waals surface area contributed by atoms with Crippen LogP contribution in [0.5, 0.6) is 0 Å². The lowest BCUT2D eigenvalue weighted by molar-refractivity contribution is -0.149. The predicted molar refractivity (Wildman–Crippen MR) is 142 cm³/mol. The van der Waals surface area contributed by atoms with E-state index in [2.05, 4.69) is 20.6 Å². The summed E-state index contributed by atoms with van der Waals surface area (Å²) < 4.78 is 11.5. The van der Waals surface area contributed by atoms with Gasteiger partial charge in [-0.25, -0.2) is 9.97 Å². The Morgan fingerprint density at radius 1 is 1.11 bits per heavy atom. The number of aliphatic hydroxyl groups excluding tert-OH is 1. The van der Waals surface area contributed by atoms with E-state index in [4.69, 9.17) is 19.4 Å². The highest BCUT2D eigenvalue weighted by molar-refractivity contribution is 7.21. The molecule has 4 atom stereocenters. The van der Waals surface area contributed by atoms with Crippen molar-refractivity contribution >= 4 is 45.0 Å². The molecule has 0 bridgehead atoms. The minimum atomic E-state index is -1.01. The van der Waals surface area contributed by atoms with E-state index in [0.29, 0.717) is 23.8 Å². The minimum Gasteiger partial charge on any atom is -0.469 e. The highest BCUT2D eigenvalue weighted by Crippen LogP contribution is 2.37. The third kappa shape index (κ3) is 5.10. The SMILES string of the molecule is COC(=O)[C@@H]1C[C@@H](Nc2nc(Nc3cc(C)nc(C)c3)ncc2-c2nc3ccccc3s2)[C@@H](OC)[C@@H]1O. The average molecular weight is 521 g/mol. The monoisotopic (exact) mass is 520 g/mol. The fourth-order valence-corrected chi connectivity index (χ4v) is 5.73. The Morgan fingerprint density at radius 2 is 1.86 bits per heavy atom. The number of thiazole rings is 1. The van der Waals surface area contributed by atoms with Gasteiger partial charge in [-0.1, -0.05) is 12.1 Å².